The van der Waals surface area contributed by atoms with Gasteiger partial charge >= 0.3 is 6.03 Å². The van der Waals surface area contributed by atoms with Gasteiger partial charge in [-0.2, -0.15) is 0 Å². The highest BCUT2D eigenvalue weighted by molar-refractivity contribution is 5.75. The average Bonchev–Trinajstić information content (AvgIpc) is 2.46. The standard InChI is InChI=1S/C16H28N2O/c1-13-6-4-10-17(12-13)16(19)18-11-5-8-14-7-2-3-9-15(14)18/h13-15H,2-12H2,1H3. The molecule has 3 atom stereocenters. The molecule has 2 saturated heterocycles. The molecule has 1 saturated carbocycles. The Hall–Kier alpha value is -0.730. The largest absolute Gasteiger partial charge is 0.324 e. The first-order valence-electron chi connectivity index (χ1n) is 8.31. The number of urea groups is 1. The van der Waals surface area contributed by atoms with Crippen LogP contribution in [-0.2, 0) is 0 Å². The Kier molecular flexibility index (Phi) is 3.99. The van der Waals surface area contributed by atoms with Gasteiger partial charge in [0, 0.05) is 25.7 Å². The van der Waals surface area contributed by atoms with E-state index < -0.39 is 0 Å². The third-order valence-electron chi connectivity index (χ3n) is 5.42. The fourth-order valence-electron chi connectivity index (χ4n) is 4.41. The zero-order valence-electron chi connectivity index (χ0n) is 12.3. The summed E-state index contributed by atoms with van der Waals surface area (Å²) in [5.74, 6) is 1.48. The van der Waals surface area contributed by atoms with E-state index in [0.29, 0.717) is 18.0 Å². The van der Waals surface area contributed by atoms with Gasteiger partial charge in [0.2, 0.25) is 0 Å². The third-order valence-corrected chi connectivity index (χ3v) is 5.42. The minimum Gasteiger partial charge on any atom is -0.324 e. The number of carbonyl (C=O) groups is 1. The van der Waals surface area contributed by atoms with Crippen molar-refractivity contribution in [1.82, 2.24) is 9.80 Å². The third kappa shape index (κ3) is 2.75. The summed E-state index contributed by atoms with van der Waals surface area (Å²) in [4.78, 5) is 17.2. The first-order valence-corrected chi connectivity index (χ1v) is 8.31. The van der Waals surface area contributed by atoms with Crippen LogP contribution in [0.2, 0.25) is 0 Å². The van der Waals surface area contributed by atoms with E-state index in [1.54, 1.807) is 0 Å². The van der Waals surface area contributed by atoms with Crippen LogP contribution in [0.1, 0.15) is 58.3 Å². The molecule has 3 nitrogen and oxygen atoms in total. The molecule has 0 spiro atoms. The predicted octanol–water partition coefficient (Wildman–Crippen LogP) is 3.49. The molecule has 0 bridgehead atoms. The second kappa shape index (κ2) is 5.72. The van der Waals surface area contributed by atoms with Crippen molar-refractivity contribution in [2.24, 2.45) is 11.8 Å². The van der Waals surface area contributed by atoms with Gasteiger partial charge in [0.25, 0.3) is 0 Å². The molecule has 3 rings (SSSR count). The minimum absolute atomic E-state index is 0.350. The lowest BCUT2D eigenvalue weighted by Gasteiger charge is -2.46. The molecule has 3 aliphatic rings. The van der Waals surface area contributed by atoms with Gasteiger partial charge in [0.15, 0.2) is 0 Å². The minimum atomic E-state index is 0.350. The normalized spacial score (nSPS) is 35.9. The number of hydrogen-bond acceptors (Lipinski definition) is 1. The van der Waals surface area contributed by atoms with Gasteiger partial charge in [-0.3, -0.25) is 0 Å². The highest BCUT2D eigenvalue weighted by atomic mass is 16.2. The van der Waals surface area contributed by atoms with Gasteiger partial charge in [-0.05, 0) is 50.4 Å². The van der Waals surface area contributed by atoms with E-state index in [0.717, 1.165) is 25.6 Å². The smallest absolute Gasteiger partial charge is 0.320 e. The van der Waals surface area contributed by atoms with E-state index in [4.69, 9.17) is 0 Å². The lowest BCUT2D eigenvalue weighted by Crippen LogP contribution is -2.55. The van der Waals surface area contributed by atoms with Crippen LogP contribution in [0, 0.1) is 11.8 Å². The van der Waals surface area contributed by atoms with Crippen LogP contribution in [-0.4, -0.2) is 41.5 Å². The number of hydrogen-bond donors (Lipinski definition) is 0. The zero-order chi connectivity index (χ0) is 13.2. The van der Waals surface area contributed by atoms with Crippen LogP contribution < -0.4 is 0 Å². The summed E-state index contributed by atoms with van der Waals surface area (Å²) < 4.78 is 0. The maximum absolute atomic E-state index is 12.8. The Balaban J connectivity index is 1.67. The number of nitrogens with zero attached hydrogens (tertiary/aromatic N) is 2. The van der Waals surface area contributed by atoms with Gasteiger partial charge in [-0.15, -0.1) is 0 Å². The predicted molar refractivity (Wildman–Crippen MR) is 77.1 cm³/mol. The monoisotopic (exact) mass is 264 g/mol. The van der Waals surface area contributed by atoms with Crippen molar-refractivity contribution in [1.29, 1.82) is 0 Å². The van der Waals surface area contributed by atoms with E-state index >= 15 is 0 Å². The van der Waals surface area contributed by atoms with Crippen LogP contribution >= 0.6 is 0 Å². The Morgan fingerprint density at radius 2 is 1.68 bits per heavy atom. The van der Waals surface area contributed by atoms with E-state index in [-0.39, 0.29) is 0 Å². The first-order chi connectivity index (χ1) is 9.25. The molecule has 0 aromatic carbocycles. The van der Waals surface area contributed by atoms with Gasteiger partial charge in [-0.25, -0.2) is 4.79 Å². The summed E-state index contributed by atoms with van der Waals surface area (Å²) in [5, 5.41) is 0. The molecule has 0 aromatic rings. The zero-order valence-corrected chi connectivity index (χ0v) is 12.3. The van der Waals surface area contributed by atoms with Crippen molar-refractivity contribution >= 4 is 6.03 Å². The number of likely N-dealkylation sites (tertiary alicyclic amines) is 2. The van der Waals surface area contributed by atoms with Crippen LogP contribution in [0.4, 0.5) is 4.79 Å². The Morgan fingerprint density at radius 1 is 0.947 bits per heavy atom. The summed E-state index contributed by atoms with van der Waals surface area (Å²) in [7, 11) is 0. The van der Waals surface area contributed by atoms with E-state index in [1.807, 2.05) is 0 Å². The Labute approximate surface area is 117 Å². The average molecular weight is 264 g/mol. The molecule has 0 radical (unpaired) electrons. The number of fused-ring (bicyclic) bond motifs is 1. The molecular formula is C16H28N2O. The lowest BCUT2D eigenvalue weighted by molar-refractivity contribution is 0.0572. The van der Waals surface area contributed by atoms with Crippen molar-refractivity contribution in [3.05, 3.63) is 0 Å². The van der Waals surface area contributed by atoms with Gasteiger partial charge in [-0.1, -0.05) is 19.8 Å². The second-order valence-corrected chi connectivity index (χ2v) is 6.92. The maximum Gasteiger partial charge on any atom is 0.320 e. The molecule has 2 amide bonds. The van der Waals surface area contributed by atoms with Crippen molar-refractivity contribution in [3.63, 3.8) is 0 Å². The molecule has 3 unspecified atom stereocenters. The molecule has 108 valence electrons. The molecule has 2 heterocycles. The fraction of sp³-hybridized carbons (Fsp3) is 0.938. The van der Waals surface area contributed by atoms with Gasteiger partial charge in [0.1, 0.15) is 0 Å². The van der Waals surface area contributed by atoms with Crippen molar-refractivity contribution in [3.8, 4) is 0 Å². The Morgan fingerprint density at radius 3 is 2.53 bits per heavy atom. The van der Waals surface area contributed by atoms with Crippen molar-refractivity contribution in [2.75, 3.05) is 19.6 Å². The number of piperidine rings is 2. The van der Waals surface area contributed by atoms with E-state index in [1.165, 1.54) is 51.4 Å². The van der Waals surface area contributed by atoms with Crippen LogP contribution in [0.5, 0.6) is 0 Å². The quantitative estimate of drug-likeness (QED) is 0.657. The van der Waals surface area contributed by atoms with Crippen molar-refractivity contribution in [2.45, 2.75) is 64.3 Å². The number of rotatable bonds is 0. The Bertz CT molecular complexity index is 329. The van der Waals surface area contributed by atoms with E-state index in [2.05, 4.69) is 16.7 Å². The highest BCUT2D eigenvalue weighted by Crippen LogP contribution is 2.36. The lowest BCUT2D eigenvalue weighted by atomic mass is 9.78. The number of amides is 2. The fourth-order valence-corrected chi connectivity index (χ4v) is 4.41. The summed E-state index contributed by atoms with van der Waals surface area (Å²) in [6, 6.07) is 0.912. The van der Waals surface area contributed by atoms with Gasteiger partial charge < -0.3 is 9.80 Å². The molecule has 0 aromatic heterocycles. The van der Waals surface area contributed by atoms with E-state index in [9.17, 15) is 4.79 Å². The molecule has 1 aliphatic carbocycles. The summed E-state index contributed by atoms with van der Waals surface area (Å²) in [5.41, 5.74) is 0. The van der Waals surface area contributed by atoms with Crippen LogP contribution in [0.3, 0.4) is 0 Å². The molecule has 2 aliphatic heterocycles. The first kappa shape index (κ1) is 13.3. The summed E-state index contributed by atoms with van der Waals surface area (Å²) >= 11 is 0. The van der Waals surface area contributed by atoms with Crippen LogP contribution in [0.15, 0.2) is 0 Å². The molecule has 3 fully saturated rings. The number of carbonyl (C=O) groups excluding carboxylic acids is 1. The maximum atomic E-state index is 12.8. The molecule has 0 N–H and O–H groups in total. The van der Waals surface area contributed by atoms with Crippen LogP contribution in [0.25, 0.3) is 0 Å². The SMILES string of the molecule is CC1CCCN(C(=O)N2CCCC3CCCCC32)C1. The molecule has 3 heteroatoms. The van der Waals surface area contributed by atoms with Crippen molar-refractivity contribution < 1.29 is 4.79 Å². The summed E-state index contributed by atoms with van der Waals surface area (Å²) in [6.45, 7) is 5.24. The molecule has 19 heavy (non-hydrogen) atoms. The highest BCUT2D eigenvalue weighted by Gasteiger charge is 2.37. The van der Waals surface area contributed by atoms with Gasteiger partial charge in [0.05, 0.1) is 0 Å². The molecular weight excluding hydrogens is 236 g/mol. The topological polar surface area (TPSA) is 23.6 Å². The second-order valence-electron chi connectivity index (χ2n) is 6.92. The summed E-state index contributed by atoms with van der Waals surface area (Å²) in [6.07, 6.45) is 10.3.